The quantitative estimate of drug-likeness (QED) is 0.422. The van der Waals surface area contributed by atoms with Crippen LogP contribution in [0.1, 0.15) is 16.7 Å². The van der Waals surface area contributed by atoms with Gasteiger partial charge in [0.05, 0.1) is 22.6 Å². The maximum absolute atomic E-state index is 13.2. The molecule has 2 N–H and O–H groups in total. The third-order valence-corrected chi connectivity index (χ3v) is 6.91. The van der Waals surface area contributed by atoms with Crippen LogP contribution in [0.3, 0.4) is 0 Å². The molecule has 0 spiro atoms. The molecule has 0 aromatic heterocycles. The van der Waals surface area contributed by atoms with Gasteiger partial charge in [-0.05, 0) is 60.9 Å². The minimum atomic E-state index is -4.73. The molecule has 1 amide bonds. The monoisotopic (exact) mass is 526 g/mol. The number of alkyl halides is 3. The lowest BCUT2D eigenvalue weighted by Gasteiger charge is -2.20. The largest absolute Gasteiger partial charge is 0.496 e. The first-order valence-corrected chi connectivity index (χ1v) is 12.2. The number of carbonyl (C=O) groups is 1. The van der Waals surface area contributed by atoms with Gasteiger partial charge in [0, 0.05) is 5.69 Å². The molecule has 6 nitrogen and oxygen atoms in total. The van der Waals surface area contributed by atoms with Gasteiger partial charge in [0.1, 0.15) is 11.8 Å². The van der Waals surface area contributed by atoms with E-state index in [4.69, 9.17) is 16.3 Å². The summed E-state index contributed by atoms with van der Waals surface area (Å²) in [6.45, 7) is 1.67. The van der Waals surface area contributed by atoms with Crippen LogP contribution in [-0.2, 0) is 27.4 Å². The van der Waals surface area contributed by atoms with Crippen LogP contribution in [0.25, 0.3) is 0 Å². The fourth-order valence-corrected chi connectivity index (χ4v) is 4.87. The van der Waals surface area contributed by atoms with E-state index < -0.39 is 38.7 Å². The van der Waals surface area contributed by atoms with Crippen molar-refractivity contribution in [1.29, 1.82) is 0 Å². The second kappa shape index (κ2) is 10.7. The second-order valence-corrected chi connectivity index (χ2v) is 9.80. The van der Waals surface area contributed by atoms with E-state index in [-0.39, 0.29) is 17.0 Å². The highest BCUT2D eigenvalue weighted by Crippen LogP contribution is 2.36. The first kappa shape index (κ1) is 26.5. The molecule has 1 atom stereocenters. The third kappa shape index (κ3) is 6.74. The van der Waals surface area contributed by atoms with Gasteiger partial charge in [-0.3, -0.25) is 4.79 Å². The lowest BCUT2D eigenvalue weighted by Crippen LogP contribution is -2.45. The molecule has 0 bridgehead atoms. The van der Waals surface area contributed by atoms with Gasteiger partial charge < -0.3 is 10.1 Å². The van der Waals surface area contributed by atoms with E-state index >= 15 is 0 Å². The van der Waals surface area contributed by atoms with Crippen LogP contribution >= 0.6 is 11.6 Å². The molecule has 0 fully saturated rings. The zero-order valence-electron chi connectivity index (χ0n) is 18.7. The molecule has 0 heterocycles. The van der Waals surface area contributed by atoms with Crippen LogP contribution in [0.4, 0.5) is 18.9 Å². The highest BCUT2D eigenvalue weighted by molar-refractivity contribution is 7.89. The number of benzene rings is 3. The van der Waals surface area contributed by atoms with Crippen LogP contribution in [0.15, 0.2) is 71.6 Å². The summed E-state index contributed by atoms with van der Waals surface area (Å²) in [5.41, 5.74) is -0.0798. The fourth-order valence-electron chi connectivity index (χ4n) is 3.36. The number of halogens is 4. The summed E-state index contributed by atoms with van der Waals surface area (Å²) in [4.78, 5) is 13.0. The second-order valence-electron chi connectivity index (χ2n) is 7.68. The Morgan fingerprint density at radius 2 is 1.74 bits per heavy atom. The van der Waals surface area contributed by atoms with Crippen molar-refractivity contribution in [3.05, 3.63) is 88.4 Å². The van der Waals surface area contributed by atoms with E-state index in [1.807, 2.05) is 0 Å². The van der Waals surface area contributed by atoms with Crippen molar-refractivity contribution >= 4 is 33.2 Å². The number of anilines is 1. The standard InChI is InChI=1S/C24H22ClF3N2O4S/c1-15-12-18(9-11-22(15)34-2)35(32,33)30-21(13-16-6-4-3-5-7-16)23(31)29-17-8-10-20(25)19(14-17)24(26,27)28/h3-12,14,21,30H,13H2,1-2H3,(H,29,31)/t21-/m1/s1. The highest BCUT2D eigenvalue weighted by Gasteiger charge is 2.34. The van der Waals surface area contributed by atoms with E-state index in [0.29, 0.717) is 22.9 Å². The highest BCUT2D eigenvalue weighted by atomic mass is 35.5. The Labute approximate surface area is 206 Å². The van der Waals surface area contributed by atoms with Crippen molar-refractivity contribution in [3.8, 4) is 5.75 Å². The maximum Gasteiger partial charge on any atom is 0.417 e. The fraction of sp³-hybridized carbons (Fsp3) is 0.208. The Hall–Kier alpha value is -3.08. The zero-order valence-corrected chi connectivity index (χ0v) is 20.3. The summed E-state index contributed by atoms with van der Waals surface area (Å²) >= 11 is 5.64. The van der Waals surface area contributed by atoms with Crippen LogP contribution in [0.5, 0.6) is 5.75 Å². The number of nitrogens with one attached hydrogen (secondary N) is 2. The number of hydrogen-bond donors (Lipinski definition) is 2. The molecule has 0 aliphatic carbocycles. The summed E-state index contributed by atoms with van der Waals surface area (Å²) in [7, 11) is -2.72. The van der Waals surface area contributed by atoms with Crippen molar-refractivity contribution in [1.82, 2.24) is 4.72 Å². The van der Waals surface area contributed by atoms with Gasteiger partial charge >= 0.3 is 6.18 Å². The van der Waals surface area contributed by atoms with Crippen molar-refractivity contribution in [3.63, 3.8) is 0 Å². The van der Waals surface area contributed by atoms with Gasteiger partial charge in [0.2, 0.25) is 15.9 Å². The Balaban J connectivity index is 1.91. The van der Waals surface area contributed by atoms with Crippen LogP contribution in [0, 0.1) is 6.92 Å². The average molecular weight is 527 g/mol. The van der Waals surface area contributed by atoms with E-state index in [1.165, 1.54) is 31.4 Å². The van der Waals surface area contributed by atoms with Crippen LogP contribution in [0.2, 0.25) is 5.02 Å². The van der Waals surface area contributed by atoms with Gasteiger partial charge in [-0.1, -0.05) is 41.9 Å². The minimum absolute atomic E-state index is 0.0409. The van der Waals surface area contributed by atoms with Crippen LogP contribution in [-0.4, -0.2) is 27.5 Å². The summed E-state index contributed by atoms with van der Waals surface area (Å²) in [5.74, 6) is -0.344. The SMILES string of the molecule is COc1ccc(S(=O)(=O)N[C@H](Cc2ccccc2)C(=O)Nc2ccc(Cl)c(C(F)(F)F)c2)cc1C. The first-order chi connectivity index (χ1) is 16.4. The van der Waals surface area contributed by atoms with Gasteiger partial charge in [-0.15, -0.1) is 0 Å². The summed E-state index contributed by atoms with van der Waals surface area (Å²) in [5, 5.41) is 1.84. The smallest absolute Gasteiger partial charge is 0.417 e. The van der Waals surface area contributed by atoms with E-state index in [1.54, 1.807) is 37.3 Å². The molecular weight excluding hydrogens is 505 g/mol. The molecule has 0 saturated heterocycles. The van der Waals surface area contributed by atoms with Gasteiger partial charge in [-0.2, -0.15) is 17.9 Å². The summed E-state index contributed by atoms with van der Waals surface area (Å²) in [6.07, 6.45) is -4.77. The topological polar surface area (TPSA) is 84.5 Å². The zero-order chi connectivity index (χ0) is 25.8. The minimum Gasteiger partial charge on any atom is -0.496 e. The Bertz CT molecular complexity index is 1320. The maximum atomic E-state index is 13.2. The molecule has 0 aliphatic heterocycles. The lowest BCUT2D eigenvalue weighted by atomic mass is 10.1. The van der Waals surface area contributed by atoms with Gasteiger partial charge in [-0.25, -0.2) is 8.42 Å². The Kier molecular flexibility index (Phi) is 8.09. The van der Waals surface area contributed by atoms with Crippen LogP contribution < -0.4 is 14.8 Å². The molecule has 3 rings (SSSR count). The van der Waals surface area contributed by atoms with E-state index in [9.17, 15) is 26.4 Å². The molecule has 35 heavy (non-hydrogen) atoms. The number of sulfonamides is 1. The number of carbonyl (C=O) groups excluding carboxylic acids is 1. The lowest BCUT2D eigenvalue weighted by molar-refractivity contribution is -0.137. The normalized spacial score (nSPS) is 12.7. The van der Waals surface area contributed by atoms with E-state index in [2.05, 4.69) is 10.0 Å². The molecule has 0 unspecified atom stereocenters. The first-order valence-electron chi connectivity index (χ1n) is 10.3. The molecule has 3 aromatic rings. The summed E-state index contributed by atoms with van der Waals surface area (Å²) < 4.78 is 73.3. The number of rotatable bonds is 8. The Morgan fingerprint density at radius 3 is 2.34 bits per heavy atom. The van der Waals surface area contributed by atoms with Crippen molar-refractivity contribution in [2.45, 2.75) is 30.5 Å². The molecule has 186 valence electrons. The molecule has 0 radical (unpaired) electrons. The van der Waals surface area contributed by atoms with Crippen molar-refractivity contribution in [2.24, 2.45) is 0 Å². The third-order valence-electron chi connectivity index (χ3n) is 5.11. The number of ether oxygens (including phenoxy) is 1. The molecule has 3 aromatic carbocycles. The average Bonchev–Trinajstić information content (AvgIpc) is 2.79. The number of hydrogen-bond acceptors (Lipinski definition) is 4. The molecule has 0 saturated carbocycles. The van der Waals surface area contributed by atoms with Gasteiger partial charge in [0.25, 0.3) is 0 Å². The summed E-state index contributed by atoms with van der Waals surface area (Å²) in [6, 6.07) is 14.4. The molecule has 0 aliphatic rings. The van der Waals surface area contributed by atoms with E-state index in [0.717, 1.165) is 6.07 Å². The number of methoxy groups -OCH3 is 1. The number of aryl methyl sites for hydroxylation is 1. The molecule has 11 heteroatoms. The molecular formula is C24H22ClF3N2O4S. The van der Waals surface area contributed by atoms with Crippen molar-refractivity contribution in [2.75, 3.05) is 12.4 Å². The predicted octanol–water partition coefficient (Wildman–Crippen LogP) is 5.20. The van der Waals surface area contributed by atoms with Crippen molar-refractivity contribution < 1.29 is 31.1 Å². The Morgan fingerprint density at radius 1 is 1.06 bits per heavy atom. The predicted molar refractivity (Wildman–Crippen MR) is 127 cm³/mol. The number of amides is 1. The van der Waals surface area contributed by atoms with Gasteiger partial charge in [0.15, 0.2) is 0 Å².